The molecule has 0 saturated carbocycles. The van der Waals surface area contributed by atoms with Crippen LogP contribution >= 0.6 is 11.6 Å². The van der Waals surface area contributed by atoms with Crippen LogP contribution in [0.15, 0.2) is 42.5 Å². The number of nitrogens with one attached hydrogen (secondary N) is 2. The molecule has 1 heterocycles. The van der Waals surface area contributed by atoms with Crippen molar-refractivity contribution in [2.24, 2.45) is 0 Å². The number of amides is 1. The van der Waals surface area contributed by atoms with Gasteiger partial charge in [0, 0.05) is 30.2 Å². The van der Waals surface area contributed by atoms with Crippen LogP contribution in [0.25, 0.3) is 0 Å². The largest absolute Gasteiger partial charge is 0.378 e. The Hall–Kier alpha value is -2.31. The second-order valence-corrected chi connectivity index (χ2v) is 6.08. The standard InChI is InChI=1S/C18H19ClFN3O2/c19-16-6-3-14(11-17(16)20)21-12-18(24)22-13-1-4-15(5-2-13)23-7-9-25-10-8-23/h1-6,11,21H,7-10,12H2,(H,22,24). The Bertz CT molecular complexity index is 734. The molecule has 1 saturated heterocycles. The van der Waals surface area contributed by atoms with Gasteiger partial charge >= 0.3 is 0 Å². The maximum atomic E-state index is 13.4. The first-order chi connectivity index (χ1) is 12.1. The number of morpholine rings is 1. The number of halogens is 2. The average Bonchev–Trinajstić information content (AvgIpc) is 2.64. The molecule has 1 amide bonds. The summed E-state index contributed by atoms with van der Waals surface area (Å²) >= 11 is 5.63. The third-order valence-electron chi connectivity index (χ3n) is 3.90. The summed E-state index contributed by atoms with van der Waals surface area (Å²) in [6.45, 7) is 3.23. The van der Waals surface area contributed by atoms with Gasteiger partial charge in [0.2, 0.25) is 5.91 Å². The minimum atomic E-state index is -0.522. The molecule has 0 bridgehead atoms. The zero-order valence-corrected chi connectivity index (χ0v) is 14.4. The van der Waals surface area contributed by atoms with E-state index >= 15 is 0 Å². The van der Waals surface area contributed by atoms with Crippen molar-refractivity contribution in [3.8, 4) is 0 Å². The molecule has 1 fully saturated rings. The molecule has 7 heteroatoms. The van der Waals surface area contributed by atoms with E-state index in [0.29, 0.717) is 11.4 Å². The minimum absolute atomic E-state index is 0.0340. The summed E-state index contributed by atoms with van der Waals surface area (Å²) in [5.41, 5.74) is 2.32. The van der Waals surface area contributed by atoms with Gasteiger partial charge in [-0.15, -0.1) is 0 Å². The lowest BCUT2D eigenvalue weighted by Crippen LogP contribution is -2.36. The van der Waals surface area contributed by atoms with Crippen LogP contribution in [-0.4, -0.2) is 38.8 Å². The lowest BCUT2D eigenvalue weighted by molar-refractivity contribution is -0.114. The van der Waals surface area contributed by atoms with Crippen molar-refractivity contribution < 1.29 is 13.9 Å². The fourth-order valence-corrected chi connectivity index (χ4v) is 2.69. The molecule has 25 heavy (non-hydrogen) atoms. The summed E-state index contributed by atoms with van der Waals surface area (Å²) in [6, 6.07) is 12.0. The Morgan fingerprint density at radius 2 is 1.80 bits per heavy atom. The Kier molecular flexibility index (Phi) is 5.73. The van der Waals surface area contributed by atoms with Crippen molar-refractivity contribution in [3.63, 3.8) is 0 Å². The second kappa shape index (κ2) is 8.18. The predicted octanol–water partition coefficient (Wildman–Crippen LogP) is 3.37. The molecule has 0 radical (unpaired) electrons. The molecule has 3 rings (SSSR count). The van der Waals surface area contributed by atoms with Crippen LogP contribution in [0, 0.1) is 5.82 Å². The van der Waals surface area contributed by atoms with Crippen LogP contribution in [0.3, 0.4) is 0 Å². The van der Waals surface area contributed by atoms with Gasteiger partial charge in [-0.3, -0.25) is 4.79 Å². The number of anilines is 3. The van der Waals surface area contributed by atoms with Crippen molar-refractivity contribution in [3.05, 3.63) is 53.3 Å². The van der Waals surface area contributed by atoms with Gasteiger partial charge in [0.05, 0.1) is 24.8 Å². The number of hydrogen-bond acceptors (Lipinski definition) is 4. The number of hydrogen-bond donors (Lipinski definition) is 2. The molecule has 0 aromatic heterocycles. The lowest BCUT2D eigenvalue weighted by Gasteiger charge is -2.28. The third kappa shape index (κ3) is 4.84. The summed E-state index contributed by atoms with van der Waals surface area (Å²) in [5.74, 6) is -0.736. The fourth-order valence-electron chi connectivity index (χ4n) is 2.57. The van der Waals surface area contributed by atoms with Crippen LogP contribution in [0.1, 0.15) is 0 Å². The van der Waals surface area contributed by atoms with Gasteiger partial charge in [0.25, 0.3) is 0 Å². The number of carbonyl (C=O) groups is 1. The van der Waals surface area contributed by atoms with Gasteiger partial charge in [0.15, 0.2) is 0 Å². The second-order valence-electron chi connectivity index (χ2n) is 5.68. The number of nitrogens with zero attached hydrogens (tertiary/aromatic N) is 1. The normalized spacial score (nSPS) is 14.2. The zero-order valence-electron chi connectivity index (χ0n) is 13.6. The Balaban J connectivity index is 1.51. The number of rotatable bonds is 5. The monoisotopic (exact) mass is 363 g/mol. The first-order valence-electron chi connectivity index (χ1n) is 8.03. The first kappa shape index (κ1) is 17.5. The van der Waals surface area contributed by atoms with E-state index in [4.69, 9.17) is 16.3 Å². The van der Waals surface area contributed by atoms with Gasteiger partial charge in [-0.1, -0.05) is 11.6 Å². The molecule has 1 aliphatic rings. The van der Waals surface area contributed by atoms with Crippen LogP contribution < -0.4 is 15.5 Å². The molecule has 5 nitrogen and oxygen atoms in total. The highest BCUT2D eigenvalue weighted by Crippen LogP contribution is 2.20. The minimum Gasteiger partial charge on any atom is -0.378 e. The first-order valence-corrected chi connectivity index (χ1v) is 8.41. The molecule has 1 aliphatic heterocycles. The third-order valence-corrected chi connectivity index (χ3v) is 4.21. The highest BCUT2D eigenvalue weighted by molar-refractivity contribution is 6.30. The van der Waals surface area contributed by atoms with Gasteiger partial charge in [-0.05, 0) is 42.5 Å². The molecule has 2 aromatic rings. The van der Waals surface area contributed by atoms with Crippen LogP contribution in [0.5, 0.6) is 0 Å². The molecular weight excluding hydrogens is 345 g/mol. The van der Waals surface area contributed by atoms with E-state index in [0.717, 1.165) is 32.0 Å². The quantitative estimate of drug-likeness (QED) is 0.855. The molecule has 132 valence electrons. The topological polar surface area (TPSA) is 53.6 Å². The van der Waals surface area contributed by atoms with Crippen molar-refractivity contribution in [1.82, 2.24) is 0 Å². The lowest BCUT2D eigenvalue weighted by atomic mass is 10.2. The van der Waals surface area contributed by atoms with E-state index in [2.05, 4.69) is 15.5 Å². The molecular formula is C18H19ClFN3O2. The van der Waals surface area contributed by atoms with E-state index in [9.17, 15) is 9.18 Å². The Labute approximate surface area is 150 Å². The van der Waals surface area contributed by atoms with E-state index in [1.165, 1.54) is 12.1 Å². The average molecular weight is 364 g/mol. The van der Waals surface area contributed by atoms with E-state index in [-0.39, 0.29) is 17.5 Å². The highest BCUT2D eigenvalue weighted by atomic mass is 35.5. The van der Waals surface area contributed by atoms with Gasteiger partial charge in [-0.2, -0.15) is 0 Å². The molecule has 2 N–H and O–H groups in total. The van der Waals surface area contributed by atoms with Crippen molar-refractivity contribution in [1.29, 1.82) is 0 Å². The van der Waals surface area contributed by atoms with Crippen LogP contribution in [0.2, 0.25) is 5.02 Å². The summed E-state index contributed by atoms with van der Waals surface area (Å²) < 4.78 is 18.7. The maximum Gasteiger partial charge on any atom is 0.243 e. The number of ether oxygens (including phenoxy) is 1. The zero-order chi connectivity index (χ0) is 17.6. The molecule has 2 aromatic carbocycles. The van der Waals surface area contributed by atoms with E-state index < -0.39 is 5.82 Å². The Morgan fingerprint density at radius 1 is 1.12 bits per heavy atom. The van der Waals surface area contributed by atoms with Crippen molar-refractivity contribution in [2.45, 2.75) is 0 Å². The molecule has 0 unspecified atom stereocenters. The molecule has 0 atom stereocenters. The summed E-state index contributed by atoms with van der Waals surface area (Å²) in [7, 11) is 0. The fraction of sp³-hybridized carbons (Fsp3) is 0.278. The van der Waals surface area contributed by atoms with Gasteiger partial charge in [0.1, 0.15) is 5.82 Å². The van der Waals surface area contributed by atoms with Gasteiger partial charge < -0.3 is 20.3 Å². The van der Waals surface area contributed by atoms with E-state index in [1.807, 2.05) is 24.3 Å². The summed E-state index contributed by atoms with van der Waals surface area (Å²) in [5, 5.41) is 5.72. The molecule has 0 aliphatic carbocycles. The molecule has 0 spiro atoms. The van der Waals surface area contributed by atoms with Crippen LogP contribution in [-0.2, 0) is 9.53 Å². The number of carbonyl (C=O) groups excluding carboxylic acids is 1. The summed E-state index contributed by atoms with van der Waals surface area (Å²) in [6.07, 6.45) is 0. The maximum absolute atomic E-state index is 13.4. The highest BCUT2D eigenvalue weighted by Gasteiger charge is 2.11. The Morgan fingerprint density at radius 3 is 2.48 bits per heavy atom. The smallest absolute Gasteiger partial charge is 0.243 e. The SMILES string of the molecule is O=C(CNc1ccc(Cl)c(F)c1)Nc1ccc(N2CCOCC2)cc1. The van der Waals surface area contributed by atoms with Crippen molar-refractivity contribution in [2.75, 3.05) is 48.4 Å². The summed E-state index contributed by atoms with van der Waals surface area (Å²) in [4.78, 5) is 14.2. The van der Waals surface area contributed by atoms with Crippen molar-refractivity contribution >= 4 is 34.6 Å². The van der Waals surface area contributed by atoms with Gasteiger partial charge in [-0.25, -0.2) is 4.39 Å². The predicted molar refractivity (Wildman–Crippen MR) is 98.0 cm³/mol. The van der Waals surface area contributed by atoms with E-state index in [1.54, 1.807) is 6.07 Å². The van der Waals surface area contributed by atoms with Crippen LogP contribution in [0.4, 0.5) is 21.5 Å². The number of benzene rings is 2.